The summed E-state index contributed by atoms with van der Waals surface area (Å²) >= 11 is 1.39. The highest BCUT2D eigenvalue weighted by molar-refractivity contribution is 7.99. The Hall–Kier alpha value is -2.34. The number of nitrogen functional groups attached to an aromatic ring is 1. The topological polar surface area (TPSA) is 84.7 Å². The number of pyridine rings is 1. The normalized spacial score (nSPS) is 10.8. The summed E-state index contributed by atoms with van der Waals surface area (Å²) in [6.07, 6.45) is 1.71. The minimum atomic E-state index is -0.155. The van der Waals surface area contributed by atoms with Crippen LogP contribution in [0, 0.1) is 6.92 Å². The Morgan fingerprint density at radius 1 is 1.30 bits per heavy atom. The summed E-state index contributed by atoms with van der Waals surface area (Å²) in [6.45, 7) is 1.79. The van der Waals surface area contributed by atoms with E-state index in [0.717, 1.165) is 15.8 Å². The Labute approximate surface area is 119 Å². The summed E-state index contributed by atoms with van der Waals surface area (Å²) in [7, 11) is 0. The molecule has 0 aliphatic carbocycles. The maximum atomic E-state index is 11.5. The van der Waals surface area contributed by atoms with Gasteiger partial charge in [-0.1, -0.05) is 17.8 Å². The molecule has 0 atom stereocenters. The Morgan fingerprint density at radius 2 is 2.15 bits per heavy atom. The average molecular weight is 284 g/mol. The number of anilines is 1. The predicted molar refractivity (Wildman–Crippen MR) is 79.9 cm³/mol. The van der Waals surface area contributed by atoms with Crippen molar-refractivity contribution in [1.29, 1.82) is 0 Å². The molecule has 0 radical (unpaired) electrons. The lowest BCUT2D eigenvalue weighted by molar-refractivity contribution is 0.906. The van der Waals surface area contributed by atoms with E-state index in [1.165, 1.54) is 17.8 Å². The quantitative estimate of drug-likeness (QED) is 0.557. The van der Waals surface area contributed by atoms with Crippen molar-refractivity contribution < 1.29 is 0 Å². The Kier molecular flexibility index (Phi) is 3.15. The van der Waals surface area contributed by atoms with Gasteiger partial charge in [-0.25, -0.2) is 4.98 Å². The first kappa shape index (κ1) is 12.7. The van der Waals surface area contributed by atoms with E-state index in [-0.39, 0.29) is 5.56 Å². The van der Waals surface area contributed by atoms with Crippen molar-refractivity contribution in [1.82, 2.24) is 15.0 Å². The van der Waals surface area contributed by atoms with Crippen LogP contribution < -0.4 is 11.3 Å². The lowest BCUT2D eigenvalue weighted by atomic mass is 10.2. The second-order valence-corrected chi connectivity index (χ2v) is 5.38. The van der Waals surface area contributed by atoms with Crippen molar-refractivity contribution >= 4 is 28.4 Å². The summed E-state index contributed by atoms with van der Waals surface area (Å²) in [5.41, 5.74) is 7.85. The van der Waals surface area contributed by atoms with Gasteiger partial charge in [-0.3, -0.25) is 9.78 Å². The first-order chi connectivity index (χ1) is 9.63. The lowest BCUT2D eigenvalue weighted by Gasteiger charge is -2.07. The van der Waals surface area contributed by atoms with Crippen LogP contribution in [0.4, 0.5) is 5.69 Å². The maximum Gasteiger partial charge on any atom is 0.251 e. The highest BCUT2D eigenvalue weighted by Gasteiger charge is 2.08. The molecule has 5 nitrogen and oxygen atoms in total. The Bertz CT molecular complexity index is 844. The molecule has 3 rings (SSSR count). The molecule has 6 heteroatoms. The molecular formula is C14H12N4OS. The molecule has 3 aromatic rings. The second-order valence-electron chi connectivity index (χ2n) is 4.35. The first-order valence-electron chi connectivity index (χ1n) is 6.02. The largest absolute Gasteiger partial charge is 0.397 e. The molecule has 20 heavy (non-hydrogen) atoms. The predicted octanol–water partition coefficient (Wildman–Crippen LogP) is 2.36. The fourth-order valence-corrected chi connectivity index (χ4v) is 2.92. The number of aryl methyl sites for hydroxylation is 1. The molecule has 3 N–H and O–H groups in total. The number of aromatic nitrogens is 3. The van der Waals surface area contributed by atoms with Crippen molar-refractivity contribution in [3.63, 3.8) is 0 Å². The number of fused-ring (bicyclic) bond motifs is 1. The molecule has 2 aromatic heterocycles. The van der Waals surface area contributed by atoms with Gasteiger partial charge in [0, 0.05) is 28.2 Å². The van der Waals surface area contributed by atoms with E-state index in [1.807, 2.05) is 24.3 Å². The highest BCUT2D eigenvalue weighted by atomic mass is 32.2. The third kappa shape index (κ3) is 2.37. The molecule has 2 heterocycles. The molecular weight excluding hydrogens is 272 g/mol. The van der Waals surface area contributed by atoms with Gasteiger partial charge in [-0.15, -0.1) is 0 Å². The van der Waals surface area contributed by atoms with Crippen molar-refractivity contribution in [2.75, 3.05) is 5.73 Å². The van der Waals surface area contributed by atoms with Gasteiger partial charge in [-0.05, 0) is 25.1 Å². The van der Waals surface area contributed by atoms with Crippen molar-refractivity contribution in [2.24, 2.45) is 0 Å². The summed E-state index contributed by atoms with van der Waals surface area (Å²) in [6, 6.07) is 9.00. The average Bonchev–Trinajstić information content (AvgIpc) is 2.41. The number of hydrogen-bond donors (Lipinski definition) is 2. The smallest absolute Gasteiger partial charge is 0.251 e. The third-order valence-electron chi connectivity index (χ3n) is 2.82. The number of benzene rings is 1. The molecule has 0 fully saturated rings. The van der Waals surface area contributed by atoms with Crippen molar-refractivity contribution in [2.45, 2.75) is 17.0 Å². The minimum Gasteiger partial charge on any atom is -0.397 e. The zero-order valence-electron chi connectivity index (χ0n) is 10.8. The van der Waals surface area contributed by atoms with Gasteiger partial charge >= 0.3 is 0 Å². The van der Waals surface area contributed by atoms with Crippen LogP contribution in [0.1, 0.15) is 5.69 Å². The van der Waals surface area contributed by atoms with Crippen LogP contribution >= 0.6 is 11.8 Å². The number of nitrogens with one attached hydrogen (secondary N) is 1. The minimum absolute atomic E-state index is 0.155. The van der Waals surface area contributed by atoms with Gasteiger partial charge in [0.2, 0.25) is 0 Å². The zero-order valence-corrected chi connectivity index (χ0v) is 11.6. The lowest BCUT2D eigenvalue weighted by Crippen LogP contribution is -2.07. The van der Waals surface area contributed by atoms with Gasteiger partial charge in [0.1, 0.15) is 0 Å². The van der Waals surface area contributed by atoms with Crippen LogP contribution in [0.15, 0.2) is 51.4 Å². The van der Waals surface area contributed by atoms with Crippen LogP contribution in [0.2, 0.25) is 0 Å². The van der Waals surface area contributed by atoms with E-state index in [2.05, 4.69) is 15.0 Å². The molecule has 0 aliphatic rings. The third-order valence-corrected chi connectivity index (χ3v) is 3.78. The number of nitrogens with two attached hydrogens (primary N) is 1. The monoisotopic (exact) mass is 284 g/mol. The summed E-state index contributed by atoms with van der Waals surface area (Å²) in [4.78, 5) is 23.8. The van der Waals surface area contributed by atoms with E-state index >= 15 is 0 Å². The SMILES string of the molecule is Cc1cc(=O)[nH]c(Sc2ccc(N)c3ncccc23)n1. The van der Waals surface area contributed by atoms with Gasteiger partial charge in [0.15, 0.2) is 5.16 Å². The Balaban J connectivity index is 2.11. The molecule has 100 valence electrons. The number of aromatic amines is 1. The molecule has 0 saturated heterocycles. The van der Waals surface area contributed by atoms with E-state index in [4.69, 9.17) is 5.73 Å². The standard InChI is InChI=1S/C14H12N4OS/c1-8-7-12(19)18-14(17-8)20-11-5-4-10(15)13-9(11)3-2-6-16-13/h2-7H,15H2,1H3,(H,17,18,19). The summed E-state index contributed by atoms with van der Waals surface area (Å²) in [5, 5.41) is 1.51. The molecule has 0 saturated carbocycles. The second kappa shape index (κ2) is 4.97. The molecule has 0 unspecified atom stereocenters. The molecule has 0 bridgehead atoms. The Morgan fingerprint density at radius 3 is 2.95 bits per heavy atom. The van der Waals surface area contributed by atoms with E-state index in [0.29, 0.717) is 16.5 Å². The van der Waals surface area contributed by atoms with Gasteiger partial charge in [0.25, 0.3) is 5.56 Å². The number of nitrogens with zero attached hydrogens (tertiary/aromatic N) is 2. The van der Waals surface area contributed by atoms with E-state index in [1.54, 1.807) is 13.1 Å². The van der Waals surface area contributed by atoms with Crippen LogP contribution in [0.5, 0.6) is 0 Å². The van der Waals surface area contributed by atoms with Crippen molar-refractivity contribution in [3.05, 3.63) is 52.6 Å². The first-order valence-corrected chi connectivity index (χ1v) is 6.84. The van der Waals surface area contributed by atoms with Crippen LogP contribution in [0.3, 0.4) is 0 Å². The molecule has 1 aromatic carbocycles. The molecule has 0 aliphatic heterocycles. The zero-order chi connectivity index (χ0) is 14.1. The summed E-state index contributed by atoms with van der Waals surface area (Å²) < 4.78 is 0. The van der Waals surface area contributed by atoms with Gasteiger partial charge < -0.3 is 10.7 Å². The number of H-pyrrole nitrogens is 1. The van der Waals surface area contributed by atoms with Crippen LogP contribution in [-0.4, -0.2) is 15.0 Å². The molecule has 0 amide bonds. The van der Waals surface area contributed by atoms with E-state index in [9.17, 15) is 4.79 Å². The maximum absolute atomic E-state index is 11.5. The number of rotatable bonds is 2. The van der Waals surface area contributed by atoms with E-state index < -0.39 is 0 Å². The van der Waals surface area contributed by atoms with Crippen LogP contribution in [-0.2, 0) is 0 Å². The van der Waals surface area contributed by atoms with Gasteiger partial charge in [0.05, 0.1) is 11.2 Å². The van der Waals surface area contributed by atoms with Crippen LogP contribution in [0.25, 0.3) is 10.9 Å². The summed E-state index contributed by atoms with van der Waals surface area (Å²) in [5.74, 6) is 0. The highest BCUT2D eigenvalue weighted by Crippen LogP contribution is 2.32. The fourth-order valence-electron chi connectivity index (χ4n) is 1.96. The fraction of sp³-hybridized carbons (Fsp3) is 0.0714. The molecule has 0 spiro atoms. The van der Waals surface area contributed by atoms with Crippen molar-refractivity contribution in [3.8, 4) is 0 Å². The van der Waals surface area contributed by atoms with Gasteiger partial charge in [-0.2, -0.15) is 0 Å². The number of hydrogen-bond acceptors (Lipinski definition) is 5.